The van der Waals surface area contributed by atoms with Crippen molar-refractivity contribution in [2.45, 2.75) is 25.9 Å². The summed E-state index contributed by atoms with van der Waals surface area (Å²) in [5.74, 6) is 0. The molecule has 1 aromatic carbocycles. The van der Waals surface area contributed by atoms with E-state index in [4.69, 9.17) is 0 Å². The average molecular weight is 272 g/mol. The highest BCUT2D eigenvalue weighted by molar-refractivity contribution is 5.79. The second kappa shape index (κ2) is 5.19. The minimum absolute atomic E-state index is 0.482. The van der Waals surface area contributed by atoms with Crippen LogP contribution in [0.2, 0.25) is 0 Å². The normalized spacial score (nSPS) is 21.9. The Balaban J connectivity index is 1.91. The summed E-state index contributed by atoms with van der Waals surface area (Å²) in [5.41, 5.74) is 2.60. The first-order valence-corrected chi connectivity index (χ1v) is 7.42. The van der Waals surface area contributed by atoms with Crippen molar-refractivity contribution in [1.82, 2.24) is 19.6 Å². The summed E-state index contributed by atoms with van der Waals surface area (Å²) in [6.07, 6.45) is 1.96. The second-order valence-corrected chi connectivity index (χ2v) is 6.17. The zero-order valence-corrected chi connectivity index (χ0v) is 12.9. The molecule has 0 radical (unpaired) electrons. The first-order chi connectivity index (χ1) is 9.56. The quantitative estimate of drug-likeness (QED) is 0.838. The fourth-order valence-electron chi connectivity index (χ4n) is 3.11. The summed E-state index contributed by atoms with van der Waals surface area (Å²) in [5, 5.41) is 5.57. The Labute approximate surface area is 121 Å². The molecule has 1 fully saturated rings. The van der Waals surface area contributed by atoms with E-state index >= 15 is 0 Å². The molecule has 3 rings (SSSR count). The Bertz CT molecular complexity index is 602. The van der Waals surface area contributed by atoms with Crippen molar-refractivity contribution in [3.8, 4) is 0 Å². The molecule has 0 aliphatic carbocycles. The smallest absolute Gasteiger partial charge is 0.0679 e. The molecule has 0 amide bonds. The number of benzene rings is 1. The predicted molar refractivity (Wildman–Crippen MR) is 82.8 cm³/mol. The van der Waals surface area contributed by atoms with Crippen LogP contribution in [-0.2, 0) is 7.05 Å². The van der Waals surface area contributed by atoms with Gasteiger partial charge in [-0.05, 0) is 38.6 Å². The summed E-state index contributed by atoms with van der Waals surface area (Å²) in [4.78, 5) is 5.04. The number of rotatable bonds is 2. The van der Waals surface area contributed by atoms with Gasteiger partial charge in [0.05, 0.1) is 11.7 Å². The maximum absolute atomic E-state index is 4.34. The molecule has 4 heteroatoms. The summed E-state index contributed by atoms with van der Waals surface area (Å²) < 4.78 is 1.93. The summed E-state index contributed by atoms with van der Waals surface area (Å²) in [6.45, 7) is 7.98. The van der Waals surface area contributed by atoms with Gasteiger partial charge in [-0.1, -0.05) is 6.07 Å². The number of hydrogen-bond acceptors (Lipinski definition) is 3. The van der Waals surface area contributed by atoms with E-state index in [1.165, 1.54) is 23.0 Å². The summed E-state index contributed by atoms with van der Waals surface area (Å²) in [7, 11) is 4.23. The molecule has 1 aliphatic rings. The highest BCUT2D eigenvalue weighted by Gasteiger charge is 2.27. The maximum Gasteiger partial charge on any atom is 0.0679 e. The van der Waals surface area contributed by atoms with E-state index < -0.39 is 0 Å². The third-order valence-electron chi connectivity index (χ3n) is 4.56. The lowest BCUT2D eigenvalue weighted by molar-refractivity contribution is 0.0746. The molecule has 1 unspecified atom stereocenters. The molecule has 0 bridgehead atoms. The number of aromatic nitrogens is 2. The highest BCUT2D eigenvalue weighted by atomic mass is 15.3. The Morgan fingerprint density at radius 3 is 2.75 bits per heavy atom. The molecular formula is C16H24N4. The van der Waals surface area contributed by atoms with Crippen LogP contribution in [0.25, 0.3) is 10.9 Å². The van der Waals surface area contributed by atoms with Crippen molar-refractivity contribution in [2.24, 2.45) is 7.05 Å². The van der Waals surface area contributed by atoms with Crippen molar-refractivity contribution < 1.29 is 0 Å². The monoisotopic (exact) mass is 272 g/mol. The predicted octanol–water partition coefficient (Wildman–Crippen LogP) is 2.27. The summed E-state index contributed by atoms with van der Waals surface area (Å²) in [6, 6.07) is 7.85. The largest absolute Gasteiger partial charge is 0.298 e. The van der Waals surface area contributed by atoms with Gasteiger partial charge in [-0.3, -0.25) is 14.5 Å². The number of hydrogen-bond donors (Lipinski definition) is 0. The van der Waals surface area contributed by atoms with E-state index in [2.05, 4.69) is 54.0 Å². The molecule has 20 heavy (non-hydrogen) atoms. The third-order valence-corrected chi connectivity index (χ3v) is 4.56. The first-order valence-electron chi connectivity index (χ1n) is 7.42. The molecule has 0 N–H and O–H groups in total. The van der Waals surface area contributed by atoms with Crippen LogP contribution in [0.15, 0.2) is 24.4 Å². The van der Waals surface area contributed by atoms with Gasteiger partial charge < -0.3 is 0 Å². The van der Waals surface area contributed by atoms with Gasteiger partial charge in [0.15, 0.2) is 0 Å². The van der Waals surface area contributed by atoms with Gasteiger partial charge in [-0.15, -0.1) is 0 Å². The summed E-state index contributed by atoms with van der Waals surface area (Å²) >= 11 is 0. The fraction of sp³-hybridized carbons (Fsp3) is 0.562. The zero-order valence-electron chi connectivity index (χ0n) is 12.9. The van der Waals surface area contributed by atoms with Crippen LogP contribution in [0.4, 0.5) is 0 Å². The van der Waals surface area contributed by atoms with Gasteiger partial charge in [0.25, 0.3) is 0 Å². The van der Waals surface area contributed by atoms with Crippen molar-refractivity contribution in [2.75, 3.05) is 26.7 Å². The standard InChI is InChI=1S/C16H24N4/c1-12(2)20-8-7-18(3)16(11-20)13-5-6-15-14(9-13)10-17-19(15)4/h5-6,9-10,12,16H,7-8,11H2,1-4H3. The highest BCUT2D eigenvalue weighted by Crippen LogP contribution is 2.27. The number of likely N-dealkylation sites (N-methyl/N-ethyl adjacent to an activating group) is 1. The maximum atomic E-state index is 4.34. The van der Waals surface area contributed by atoms with Crippen LogP contribution in [0.3, 0.4) is 0 Å². The van der Waals surface area contributed by atoms with Gasteiger partial charge in [-0.2, -0.15) is 5.10 Å². The van der Waals surface area contributed by atoms with Crippen molar-refractivity contribution in [3.63, 3.8) is 0 Å². The number of piperazine rings is 1. The van der Waals surface area contributed by atoms with Crippen molar-refractivity contribution >= 4 is 10.9 Å². The molecular weight excluding hydrogens is 248 g/mol. The van der Waals surface area contributed by atoms with E-state index in [0.29, 0.717) is 12.1 Å². The SMILES string of the molecule is CC(C)N1CCN(C)C(c2ccc3c(cnn3C)c2)C1. The van der Waals surface area contributed by atoms with E-state index in [0.717, 1.165) is 13.1 Å². The fourth-order valence-corrected chi connectivity index (χ4v) is 3.11. The van der Waals surface area contributed by atoms with Crippen LogP contribution in [0.1, 0.15) is 25.5 Å². The Morgan fingerprint density at radius 1 is 1.20 bits per heavy atom. The topological polar surface area (TPSA) is 24.3 Å². The number of aryl methyl sites for hydroxylation is 1. The first kappa shape index (κ1) is 13.6. The molecule has 2 aromatic rings. The zero-order chi connectivity index (χ0) is 14.3. The average Bonchev–Trinajstić information content (AvgIpc) is 2.80. The number of fused-ring (bicyclic) bond motifs is 1. The minimum Gasteiger partial charge on any atom is -0.298 e. The van der Waals surface area contributed by atoms with Gasteiger partial charge in [0.1, 0.15) is 0 Å². The van der Waals surface area contributed by atoms with Gasteiger partial charge in [-0.25, -0.2) is 0 Å². The lowest BCUT2D eigenvalue weighted by Gasteiger charge is -2.41. The Hall–Kier alpha value is -1.39. The second-order valence-electron chi connectivity index (χ2n) is 6.17. The van der Waals surface area contributed by atoms with Crippen LogP contribution in [0, 0.1) is 0 Å². The molecule has 2 heterocycles. The van der Waals surface area contributed by atoms with Gasteiger partial charge in [0.2, 0.25) is 0 Å². The minimum atomic E-state index is 0.482. The van der Waals surface area contributed by atoms with E-state index in [1.54, 1.807) is 0 Å². The molecule has 0 saturated carbocycles. The molecule has 1 aliphatic heterocycles. The lowest BCUT2D eigenvalue weighted by Crippen LogP contribution is -2.49. The Kier molecular flexibility index (Phi) is 3.52. The number of nitrogens with zero attached hydrogens (tertiary/aromatic N) is 4. The van der Waals surface area contributed by atoms with Crippen LogP contribution < -0.4 is 0 Å². The molecule has 1 aromatic heterocycles. The molecule has 0 spiro atoms. The molecule has 1 atom stereocenters. The molecule has 1 saturated heterocycles. The van der Waals surface area contributed by atoms with Crippen LogP contribution in [0.5, 0.6) is 0 Å². The van der Waals surface area contributed by atoms with Crippen LogP contribution >= 0.6 is 0 Å². The third kappa shape index (κ3) is 2.34. The lowest BCUT2D eigenvalue weighted by atomic mass is 10.0. The van der Waals surface area contributed by atoms with E-state index in [1.807, 2.05) is 17.9 Å². The van der Waals surface area contributed by atoms with E-state index in [-0.39, 0.29) is 0 Å². The molecule has 108 valence electrons. The van der Waals surface area contributed by atoms with Gasteiger partial charge in [0, 0.05) is 44.2 Å². The van der Waals surface area contributed by atoms with E-state index in [9.17, 15) is 0 Å². The van der Waals surface area contributed by atoms with Crippen LogP contribution in [-0.4, -0.2) is 52.3 Å². The Morgan fingerprint density at radius 2 is 2.00 bits per heavy atom. The van der Waals surface area contributed by atoms with Crippen molar-refractivity contribution in [3.05, 3.63) is 30.0 Å². The van der Waals surface area contributed by atoms with Gasteiger partial charge >= 0.3 is 0 Å². The van der Waals surface area contributed by atoms with Crippen molar-refractivity contribution in [1.29, 1.82) is 0 Å². The molecule has 4 nitrogen and oxygen atoms in total.